The number of hydrogen-bond acceptors (Lipinski definition) is 3. The summed E-state index contributed by atoms with van der Waals surface area (Å²) >= 11 is 11.8. The van der Waals surface area contributed by atoms with Gasteiger partial charge in [-0.05, 0) is 11.8 Å². The number of hydrogen-bond donors (Lipinski definition) is 1. The zero-order valence-electron chi connectivity index (χ0n) is 9.88. The summed E-state index contributed by atoms with van der Waals surface area (Å²) in [7, 11) is 0. The van der Waals surface area contributed by atoms with Crippen LogP contribution in [0.15, 0.2) is 0 Å². The molecule has 1 heterocycles. The summed E-state index contributed by atoms with van der Waals surface area (Å²) in [6.07, 6.45) is 0.871. The molecule has 96 valence electrons. The standard InChI is InChI=1S/C12H11Cl2NO3/c1-12(2)3-5-7(6(16)4-12)9(13)8(11(17)18)10(14)15-5/h3-4H2,1-2H3,(H,17,18). The van der Waals surface area contributed by atoms with E-state index in [1.807, 2.05) is 13.8 Å². The Hall–Kier alpha value is -1.13. The van der Waals surface area contributed by atoms with Crippen molar-refractivity contribution >= 4 is 35.0 Å². The molecule has 6 heteroatoms. The molecule has 18 heavy (non-hydrogen) atoms. The molecular weight excluding hydrogens is 277 g/mol. The number of aromatic nitrogens is 1. The van der Waals surface area contributed by atoms with Crippen molar-refractivity contribution in [3.05, 3.63) is 27.0 Å². The molecule has 0 saturated heterocycles. The number of halogens is 2. The van der Waals surface area contributed by atoms with E-state index in [4.69, 9.17) is 28.3 Å². The van der Waals surface area contributed by atoms with Crippen molar-refractivity contribution in [1.82, 2.24) is 4.98 Å². The Morgan fingerprint density at radius 2 is 1.94 bits per heavy atom. The Morgan fingerprint density at radius 3 is 2.50 bits per heavy atom. The van der Waals surface area contributed by atoms with Crippen LogP contribution in [0.3, 0.4) is 0 Å². The van der Waals surface area contributed by atoms with E-state index < -0.39 is 5.97 Å². The fraction of sp³-hybridized carbons (Fsp3) is 0.417. The summed E-state index contributed by atoms with van der Waals surface area (Å²) in [4.78, 5) is 27.1. The summed E-state index contributed by atoms with van der Waals surface area (Å²) in [5.74, 6) is -1.46. The SMILES string of the molecule is CC1(C)CC(=O)c2c(nc(Cl)c(C(=O)O)c2Cl)C1. The second kappa shape index (κ2) is 4.21. The molecule has 0 atom stereocenters. The number of fused-ring (bicyclic) bond motifs is 1. The molecule has 0 spiro atoms. The van der Waals surface area contributed by atoms with Crippen LogP contribution in [0.25, 0.3) is 0 Å². The van der Waals surface area contributed by atoms with Gasteiger partial charge in [0, 0.05) is 6.42 Å². The molecular formula is C12H11Cl2NO3. The molecule has 0 saturated carbocycles. The number of nitrogens with zero attached hydrogens (tertiary/aromatic N) is 1. The minimum Gasteiger partial charge on any atom is -0.478 e. The van der Waals surface area contributed by atoms with E-state index in [0.29, 0.717) is 18.5 Å². The monoisotopic (exact) mass is 287 g/mol. The summed E-state index contributed by atoms with van der Waals surface area (Å²) in [5, 5.41) is 8.75. The van der Waals surface area contributed by atoms with Crippen molar-refractivity contribution in [2.75, 3.05) is 0 Å². The molecule has 0 aromatic carbocycles. The number of rotatable bonds is 1. The van der Waals surface area contributed by atoms with Crippen LogP contribution in [0.2, 0.25) is 10.2 Å². The quantitative estimate of drug-likeness (QED) is 0.805. The van der Waals surface area contributed by atoms with Gasteiger partial charge >= 0.3 is 5.97 Å². The Morgan fingerprint density at radius 1 is 1.33 bits per heavy atom. The molecule has 1 aromatic rings. The molecule has 1 aliphatic carbocycles. The number of aromatic carboxylic acids is 1. The minimum atomic E-state index is -1.28. The van der Waals surface area contributed by atoms with Crippen molar-refractivity contribution < 1.29 is 14.7 Å². The lowest BCUT2D eigenvalue weighted by Gasteiger charge is -2.30. The molecule has 0 radical (unpaired) electrons. The van der Waals surface area contributed by atoms with Crippen LogP contribution in [0.1, 0.15) is 46.7 Å². The summed E-state index contributed by atoms with van der Waals surface area (Å²) < 4.78 is 0. The zero-order chi connectivity index (χ0) is 13.7. The Bertz CT molecular complexity index is 567. The van der Waals surface area contributed by atoms with Crippen LogP contribution in [0.5, 0.6) is 0 Å². The van der Waals surface area contributed by atoms with Gasteiger partial charge in [0.2, 0.25) is 0 Å². The fourth-order valence-electron chi connectivity index (χ4n) is 2.20. The lowest BCUT2D eigenvalue weighted by Crippen LogP contribution is -2.29. The predicted octanol–water partition coefficient (Wildman–Crippen LogP) is 3.24. The minimum absolute atomic E-state index is 0.0991. The van der Waals surface area contributed by atoms with Crippen LogP contribution < -0.4 is 0 Å². The van der Waals surface area contributed by atoms with Crippen LogP contribution >= 0.6 is 23.2 Å². The molecule has 1 N–H and O–H groups in total. The molecule has 0 aliphatic heterocycles. The number of pyridine rings is 1. The van der Waals surface area contributed by atoms with Gasteiger partial charge in [-0.3, -0.25) is 4.79 Å². The molecule has 0 bridgehead atoms. The molecule has 0 amide bonds. The van der Waals surface area contributed by atoms with Gasteiger partial charge in [0.1, 0.15) is 10.7 Å². The maximum absolute atomic E-state index is 12.0. The highest BCUT2D eigenvalue weighted by molar-refractivity contribution is 6.40. The highest BCUT2D eigenvalue weighted by atomic mass is 35.5. The van der Waals surface area contributed by atoms with E-state index in [1.54, 1.807) is 0 Å². The van der Waals surface area contributed by atoms with Gasteiger partial charge in [-0.1, -0.05) is 37.0 Å². The highest BCUT2D eigenvalue weighted by Crippen LogP contribution is 2.39. The zero-order valence-corrected chi connectivity index (χ0v) is 11.4. The number of Topliss-reactive ketones (excluding diaryl/α,β-unsaturated/α-hetero) is 1. The molecule has 0 unspecified atom stereocenters. The van der Waals surface area contributed by atoms with Crippen LogP contribution in [-0.2, 0) is 6.42 Å². The first-order valence-electron chi connectivity index (χ1n) is 5.37. The first-order valence-corrected chi connectivity index (χ1v) is 6.13. The van der Waals surface area contributed by atoms with Crippen LogP contribution in [-0.4, -0.2) is 21.8 Å². The lowest BCUT2D eigenvalue weighted by molar-refractivity contribution is 0.0697. The van der Waals surface area contributed by atoms with E-state index in [1.165, 1.54) is 0 Å². The van der Waals surface area contributed by atoms with Crippen molar-refractivity contribution in [3.8, 4) is 0 Å². The third kappa shape index (κ3) is 2.10. The largest absolute Gasteiger partial charge is 0.478 e. The first-order chi connectivity index (χ1) is 8.23. The second-order valence-corrected chi connectivity index (χ2v) is 5.90. The van der Waals surface area contributed by atoms with Crippen LogP contribution in [0.4, 0.5) is 0 Å². The Kier molecular flexibility index (Phi) is 3.11. The van der Waals surface area contributed by atoms with Gasteiger partial charge in [-0.25, -0.2) is 9.78 Å². The molecule has 1 aromatic heterocycles. The van der Waals surface area contributed by atoms with Crippen LogP contribution in [0, 0.1) is 5.41 Å². The topological polar surface area (TPSA) is 67.3 Å². The molecule has 1 aliphatic rings. The third-order valence-electron chi connectivity index (χ3n) is 2.94. The first kappa shape index (κ1) is 13.3. The average Bonchev–Trinajstić information content (AvgIpc) is 2.11. The number of carboxylic acids is 1. The average molecular weight is 288 g/mol. The van der Waals surface area contributed by atoms with Gasteiger partial charge in [-0.2, -0.15) is 0 Å². The van der Waals surface area contributed by atoms with Gasteiger partial charge in [-0.15, -0.1) is 0 Å². The Labute approximate surface area is 114 Å². The van der Waals surface area contributed by atoms with Gasteiger partial charge in [0.05, 0.1) is 16.3 Å². The van der Waals surface area contributed by atoms with E-state index in [-0.39, 0.29) is 32.5 Å². The highest BCUT2D eigenvalue weighted by Gasteiger charge is 2.36. The van der Waals surface area contributed by atoms with Crippen molar-refractivity contribution in [2.24, 2.45) is 5.41 Å². The van der Waals surface area contributed by atoms with E-state index in [9.17, 15) is 9.59 Å². The van der Waals surface area contributed by atoms with E-state index >= 15 is 0 Å². The number of carbonyl (C=O) groups is 2. The van der Waals surface area contributed by atoms with Crippen molar-refractivity contribution in [2.45, 2.75) is 26.7 Å². The molecule has 2 rings (SSSR count). The lowest BCUT2D eigenvalue weighted by atomic mass is 9.75. The summed E-state index contributed by atoms with van der Waals surface area (Å²) in [6, 6.07) is 0. The van der Waals surface area contributed by atoms with Crippen molar-refractivity contribution in [1.29, 1.82) is 0 Å². The summed E-state index contributed by atoms with van der Waals surface area (Å²) in [6.45, 7) is 3.89. The van der Waals surface area contributed by atoms with E-state index in [0.717, 1.165) is 0 Å². The predicted molar refractivity (Wildman–Crippen MR) is 67.6 cm³/mol. The maximum atomic E-state index is 12.0. The number of carbonyl (C=O) groups excluding carboxylic acids is 1. The smallest absolute Gasteiger partial charge is 0.340 e. The fourth-order valence-corrected chi connectivity index (χ4v) is 2.92. The molecule has 4 nitrogen and oxygen atoms in total. The number of ketones is 1. The second-order valence-electron chi connectivity index (χ2n) is 5.16. The van der Waals surface area contributed by atoms with E-state index in [2.05, 4.69) is 4.98 Å². The maximum Gasteiger partial charge on any atom is 0.340 e. The number of carboxylic acid groups (broad SMARTS) is 1. The Balaban J connectivity index is 2.70. The third-order valence-corrected chi connectivity index (χ3v) is 3.60. The van der Waals surface area contributed by atoms with Gasteiger partial charge < -0.3 is 5.11 Å². The molecule has 0 fully saturated rings. The summed E-state index contributed by atoms with van der Waals surface area (Å²) in [5.41, 5.74) is 0.174. The van der Waals surface area contributed by atoms with Gasteiger partial charge in [0.15, 0.2) is 5.78 Å². The van der Waals surface area contributed by atoms with Crippen molar-refractivity contribution in [3.63, 3.8) is 0 Å². The normalized spacial score (nSPS) is 17.4. The van der Waals surface area contributed by atoms with Gasteiger partial charge in [0.25, 0.3) is 0 Å².